The number of fused-ring (bicyclic) bond motifs is 1. The van der Waals surface area contributed by atoms with E-state index in [1.54, 1.807) is 61.7 Å². The lowest BCUT2D eigenvalue weighted by Gasteiger charge is -2.26. The van der Waals surface area contributed by atoms with Crippen LogP contribution in [0.15, 0.2) is 42.6 Å². The van der Waals surface area contributed by atoms with Gasteiger partial charge in [-0.05, 0) is 51.3 Å². The second-order valence-corrected chi connectivity index (χ2v) is 11.1. The number of nitrogens with zero attached hydrogens (tertiary/aromatic N) is 5. The predicted molar refractivity (Wildman–Crippen MR) is 152 cm³/mol. The topological polar surface area (TPSA) is 131 Å². The minimum atomic E-state index is -0.641. The number of methoxy groups -OCH3 is 1. The van der Waals surface area contributed by atoms with Gasteiger partial charge in [-0.15, -0.1) is 0 Å². The zero-order valence-corrected chi connectivity index (χ0v) is 23.5. The van der Waals surface area contributed by atoms with Gasteiger partial charge in [-0.1, -0.05) is 12.1 Å². The number of hydrogen-bond donors (Lipinski definition) is 2. The number of amides is 3. The zero-order valence-electron chi connectivity index (χ0n) is 23.5. The summed E-state index contributed by atoms with van der Waals surface area (Å²) in [5, 5.41) is 5.48. The highest BCUT2D eigenvalue weighted by atomic mass is 16.5. The fraction of sp³-hybridized carbons (Fsp3) is 0.414. The molecule has 6 rings (SSSR count). The first-order valence-corrected chi connectivity index (χ1v) is 13.7. The monoisotopic (exact) mass is 559 g/mol. The van der Waals surface area contributed by atoms with Crippen LogP contribution in [0.25, 0.3) is 11.3 Å². The Morgan fingerprint density at radius 2 is 1.90 bits per heavy atom. The molecule has 0 spiro atoms. The van der Waals surface area contributed by atoms with Crippen molar-refractivity contribution in [1.29, 1.82) is 0 Å². The van der Waals surface area contributed by atoms with E-state index in [1.165, 1.54) is 6.42 Å². The van der Waals surface area contributed by atoms with E-state index in [9.17, 15) is 9.59 Å². The summed E-state index contributed by atoms with van der Waals surface area (Å²) in [6.07, 6.45) is 5.10. The second kappa shape index (κ2) is 10.5. The summed E-state index contributed by atoms with van der Waals surface area (Å²) in [5.74, 6) is 1.44. The maximum absolute atomic E-state index is 13.6. The van der Waals surface area contributed by atoms with Crippen molar-refractivity contribution in [3.63, 3.8) is 0 Å². The molecular formula is C29H33N7O5. The summed E-state index contributed by atoms with van der Waals surface area (Å²) < 4.78 is 17.6. The SMILES string of the molecule is COc1ccnc(NC(=O)Nc2ccc(-c3nc(N4CC4OC4CCC4)nc4c3C(=O)N(C)CC(C)(C)O4)cc2)c1. The molecule has 1 aromatic carbocycles. The van der Waals surface area contributed by atoms with Gasteiger partial charge in [0.2, 0.25) is 11.8 Å². The summed E-state index contributed by atoms with van der Waals surface area (Å²) in [6.45, 7) is 4.94. The van der Waals surface area contributed by atoms with Gasteiger partial charge in [-0.3, -0.25) is 10.1 Å². The van der Waals surface area contributed by atoms with Gasteiger partial charge in [-0.25, -0.2) is 14.8 Å². The molecule has 2 aliphatic heterocycles. The molecule has 12 heteroatoms. The van der Waals surface area contributed by atoms with Gasteiger partial charge in [0.15, 0.2) is 6.23 Å². The van der Waals surface area contributed by atoms with Gasteiger partial charge >= 0.3 is 6.03 Å². The molecule has 214 valence electrons. The largest absolute Gasteiger partial charge is 0.497 e. The minimum absolute atomic E-state index is 0.0764. The molecule has 41 heavy (non-hydrogen) atoms. The van der Waals surface area contributed by atoms with E-state index in [0.717, 1.165) is 12.8 Å². The minimum Gasteiger partial charge on any atom is -0.497 e. The van der Waals surface area contributed by atoms with Crippen molar-refractivity contribution < 1.29 is 23.8 Å². The van der Waals surface area contributed by atoms with E-state index in [0.29, 0.717) is 53.1 Å². The third-order valence-electron chi connectivity index (χ3n) is 7.27. The maximum Gasteiger partial charge on any atom is 0.324 e. The molecule has 3 amide bonds. The fourth-order valence-corrected chi connectivity index (χ4v) is 4.93. The van der Waals surface area contributed by atoms with Crippen LogP contribution in [0.1, 0.15) is 43.5 Å². The number of benzene rings is 1. The average molecular weight is 560 g/mol. The number of aromatic nitrogens is 3. The van der Waals surface area contributed by atoms with Crippen LogP contribution in [0, 0.1) is 0 Å². The molecule has 1 aliphatic carbocycles. The van der Waals surface area contributed by atoms with Gasteiger partial charge in [0.1, 0.15) is 22.7 Å². The van der Waals surface area contributed by atoms with Crippen molar-refractivity contribution in [1.82, 2.24) is 19.9 Å². The summed E-state index contributed by atoms with van der Waals surface area (Å²) in [4.78, 5) is 43.4. The lowest BCUT2D eigenvalue weighted by atomic mass is 9.96. The van der Waals surface area contributed by atoms with E-state index in [4.69, 9.17) is 24.2 Å². The predicted octanol–water partition coefficient (Wildman–Crippen LogP) is 4.15. The van der Waals surface area contributed by atoms with E-state index >= 15 is 0 Å². The lowest BCUT2D eigenvalue weighted by molar-refractivity contribution is -0.00681. The number of rotatable bonds is 7. The number of carbonyl (C=O) groups is 2. The van der Waals surface area contributed by atoms with Gasteiger partial charge in [0.05, 0.1) is 32.0 Å². The molecule has 0 radical (unpaired) electrons. The number of likely N-dealkylation sites (N-methyl/N-ethyl adjacent to an activating group) is 1. The molecule has 12 nitrogen and oxygen atoms in total. The van der Waals surface area contributed by atoms with Gasteiger partial charge in [-0.2, -0.15) is 4.98 Å². The van der Waals surface area contributed by atoms with Crippen LogP contribution in [0.2, 0.25) is 0 Å². The van der Waals surface area contributed by atoms with Crippen LogP contribution >= 0.6 is 0 Å². The third-order valence-corrected chi connectivity index (χ3v) is 7.27. The molecule has 1 saturated carbocycles. The Hall–Kier alpha value is -4.45. The summed E-state index contributed by atoms with van der Waals surface area (Å²) >= 11 is 0. The summed E-state index contributed by atoms with van der Waals surface area (Å²) in [6, 6.07) is 9.96. The number of carbonyl (C=O) groups excluding carboxylic acids is 2. The molecular weight excluding hydrogens is 526 g/mol. The van der Waals surface area contributed by atoms with Crippen molar-refractivity contribution in [2.45, 2.75) is 51.0 Å². The van der Waals surface area contributed by atoms with Crippen LogP contribution in [-0.2, 0) is 4.74 Å². The molecule has 0 bridgehead atoms. The normalized spacial score (nSPS) is 19.4. The van der Waals surface area contributed by atoms with E-state index < -0.39 is 11.6 Å². The molecule has 2 N–H and O–H groups in total. The molecule has 2 aromatic heterocycles. The number of urea groups is 1. The summed E-state index contributed by atoms with van der Waals surface area (Å²) in [7, 11) is 3.29. The first-order chi connectivity index (χ1) is 19.7. The van der Waals surface area contributed by atoms with Crippen molar-refractivity contribution >= 4 is 29.4 Å². The third kappa shape index (κ3) is 5.73. The van der Waals surface area contributed by atoms with Gasteiger partial charge in [0, 0.05) is 30.6 Å². The number of ether oxygens (including phenoxy) is 3. The maximum atomic E-state index is 13.6. The quantitative estimate of drug-likeness (QED) is 0.410. The van der Waals surface area contributed by atoms with Crippen molar-refractivity contribution in [3.8, 4) is 22.9 Å². The zero-order chi connectivity index (χ0) is 28.7. The number of hydrogen-bond acceptors (Lipinski definition) is 9. The Labute approximate surface area is 238 Å². The average Bonchev–Trinajstić information content (AvgIpc) is 3.70. The van der Waals surface area contributed by atoms with Crippen molar-refractivity contribution in [2.24, 2.45) is 0 Å². The standard InChI is InChI=1S/C29H33N7O5/c1-29(2)16-35(3)26(37)23-24(33-27(34-25(23)41-29)36-15-22(36)40-19-6-5-7-19)17-8-10-18(11-9-17)31-28(38)32-21-14-20(39-4)12-13-30-21/h8-14,19,22H,5-7,15-16H2,1-4H3,(H2,30,31,32,38). The van der Waals surface area contributed by atoms with Crippen LogP contribution in [-0.4, -0.2) is 77.0 Å². The van der Waals surface area contributed by atoms with Crippen LogP contribution in [0.4, 0.5) is 22.2 Å². The highest BCUT2D eigenvalue weighted by molar-refractivity contribution is 6.03. The Bertz CT molecular complexity index is 1470. The first kappa shape index (κ1) is 26.8. The first-order valence-electron chi connectivity index (χ1n) is 13.7. The van der Waals surface area contributed by atoms with Crippen LogP contribution < -0.4 is 25.0 Å². The highest BCUT2D eigenvalue weighted by Gasteiger charge is 2.43. The number of pyridine rings is 1. The molecule has 1 atom stereocenters. The Balaban J connectivity index is 1.27. The molecule has 4 heterocycles. The fourth-order valence-electron chi connectivity index (χ4n) is 4.93. The lowest BCUT2D eigenvalue weighted by Crippen LogP contribution is -2.40. The molecule has 3 aromatic rings. The Kier molecular flexibility index (Phi) is 6.86. The van der Waals surface area contributed by atoms with Crippen LogP contribution in [0.3, 0.4) is 0 Å². The molecule has 1 saturated heterocycles. The van der Waals surface area contributed by atoms with Crippen molar-refractivity contribution in [2.75, 3.05) is 42.8 Å². The molecule has 3 aliphatic rings. The number of anilines is 3. The van der Waals surface area contributed by atoms with E-state index in [-0.39, 0.29) is 24.1 Å². The van der Waals surface area contributed by atoms with Gasteiger partial charge in [0.25, 0.3) is 5.91 Å². The smallest absolute Gasteiger partial charge is 0.324 e. The molecule has 2 fully saturated rings. The van der Waals surface area contributed by atoms with Gasteiger partial charge < -0.3 is 29.3 Å². The van der Waals surface area contributed by atoms with E-state index in [2.05, 4.69) is 15.6 Å². The van der Waals surface area contributed by atoms with Crippen LogP contribution in [0.5, 0.6) is 11.6 Å². The second-order valence-electron chi connectivity index (χ2n) is 11.1. The Morgan fingerprint density at radius 3 is 2.61 bits per heavy atom. The van der Waals surface area contributed by atoms with Crippen molar-refractivity contribution in [3.05, 3.63) is 48.2 Å². The molecule has 1 unspecified atom stereocenters. The Morgan fingerprint density at radius 1 is 1.12 bits per heavy atom. The highest BCUT2D eigenvalue weighted by Crippen LogP contribution is 2.39. The van der Waals surface area contributed by atoms with E-state index in [1.807, 2.05) is 18.7 Å². The summed E-state index contributed by atoms with van der Waals surface area (Å²) in [5.41, 5.74) is 1.37. The number of nitrogens with one attached hydrogen (secondary N) is 2.